The van der Waals surface area contributed by atoms with Gasteiger partial charge in [-0.1, -0.05) is 6.07 Å². The van der Waals surface area contributed by atoms with Crippen LogP contribution in [0.1, 0.15) is 15.2 Å². The van der Waals surface area contributed by atoms with Crippen molar-refractivity contribution >= 4 is 17.2 Å². The maximum absolute atomic E-state index is 11.6. The molecular weight excluding hydrogens is 248 g/mol. The van der Waals surface area contributed by atoms with Crippen molar-refractivity contribution in [1.82, 2.24) is 20.4 Å². The van der Waals surface area contributed by atoms with Crippen molar-refractivity contribution in [2.75, 3.05) is 13.1 Å². The number of aromatic nitrogens is 2. The fraction of sp³-hybridized carbons (Fsp3) is 0.333. The van der Waals surface area contributed by atoms with Crippen molar-refractivity contribution in [3.05, 3.63) is 40.3 Å². The molecule has 0 spiro atoms. The summed E-state index contributed by atoms with van der Waals surface area (Å²) in [4.78, 5) is 12.4. The molecule has 96 valence electrons. The van der Waals surface area contributed by atoms with E-state index in [0.717, 1.165) is 23.5 Å². The molecule has 0 aliphatic heterocycles. The predicted octanol–water partition coefficient (Wildman–Crippen LogP) is 1.00. The normalized spacial score (nSPS) is 10.5. The molecule has 0 aliphatic rings. The quantitative estimate of drug-likeness (QED) is 0.765. The highest BCUT2D eigenvalue weighted by Crippen LogP contribution is 2.07. The molecule has 2 heterocycles. The fourth-order valence-corrected chi connectivity index (χ4v) is 2.20. The highest BCUT2D eigenvalue weighted by molar-refractivity contribution is 7.12. The van der Waals surface area contributed by atoms with Gasteiger partial charge in [0.15, 0.2) is 0 Å². The van der Waals surface area contributed by atoms with E-state index in [2.05, 4.69) is 15.7 Å². The SMILES string of the molecule is Cn1cc(CNCCNC(=O)c2cccs2)cn1. The topological polar surface area (TPSA) is 59.0 Å². The standard InChI is InChI=1S/C12H16N4OS/c1-16-9-10(8-15-16)7-13-4-5-14-12(17)11-3-2-6-18-11/h2-3,6,8-9,13H,4-5,7H2,1H3,(H,14,17). The van der Waals surface area contributed by atoms with Gasteiger partial charge in [-0.25, -0.2) is 0 Å². The van der Waals surface area contributed by atoms with E-state index in [1.807, 2.05) is 37.0 Å². The summed E-state index contributed by atoms with van der Waals surface area (Å²) in [6, 6.07) is 3.70. The van der Waals surface area contributed by atoms with Gasteiger partial charge in [0.05, 0.1) is 11.1 Å². The van der Waals surface area contributed by atoms with Crippen LogP contribution in [0.5, 0.6) is 0 Å². The molecule has 2 rings (SSSR count). The molecule has 5 nitrogen and oxygen atoms in total. The smallest absolute Gasteiger partial charge is 0.261 e. The first-order valence-electron chi connectivity index (χ1n) is 5.75. The van der Waals surface area contributed by atoms with Crippen molar-refractivity contribution < 1.29 is 4.79 Å². The first-order valence-corrected chi connectivity index (χ1v) is 6.63. The van der Waals surface area contributed by atoms with E-state index in [9.17, 15) is 4.79 Å². The molecule has 2 aromatic rings. The minimum Gasteiger partial charge on any atom is -0.350 e. The molecule has 0 radical (unpaired) electrons. The number of carbonyl (C=O) groups is 1. The number of carbonyl (C=O) groups excluding carboxylic acids is 1. The van der Waals surface area contributed by atoms with Gasteiger partial charge < -0.3 is 10.6 Å². The Morgan fingerprint density at radius 1 is 1.50 bits per heavy atom. The Kier molecular flexibility index (Phi) is 4.49. The average Bonchev–Trinajstić information content (AvgIpc) is 2.99. The van der Waals surface area contributed by atoms with E-state index in [0.29, 0.717) is 6.54 Å². The summed E-state index contributed by atoms with van der Waals surface area (Å²) in [5, 5.41) is 12.1. The lowest BCUT2D eigenvalue weighted by atomic mass is 10.3. The van der Waals surface area contributed by atoms with Gasteiger partial charge in [-0.3, -0.25) is 9.48 Å². The van der Waals surface area contributed by atoms with Crippen LogP contribution < -0.4 is 10.6 Å². The van der Waals surface area contributed by atoms with Crippen molar-refractivity contribution in [3.63, 3.8) is 0 Å². The zero-order chi connectivity index (χ0) is 12.8. The van der Waals surface area contributed by atoms with Crippen LogP contribution in [0.2, 0.25) is 0 Å². The third-order valence-electron chi connectivity index (χ3n) is 2.42. The van der Waals surface area contributed by atoms with Crippen LogP contribution in [0.25, 0.3) is 0 Å². The molecule has 2 N–H and O–H groups in total. The van der Waals surface area contributed by atoms with Crippen LogP contribution in [-0.2, 0) is 13.6 Å². The highest BCUT2D eigenvalue weighted by Gasteiger charge is 2.04. The summed E-state index contributed by atoms with van der Waals surface area (Å²) in [6.07, 6.45) is 3.80. The van der Waals surface area contributed by atoms with Crippen LogP contribution in [0.3, 0.4) is 0 Å². The number of nitrogens with one attached hydrogen (secondary N) is 2. The van der Waals surface area contributed by atoms with Gasteiger partial charge in [0.2, 0.25) is 0 Å². The lowest BCUT2D eigenvalue weighted by Gasteiger charge is -2.04. The summed E-state index contributed by atoms with van der Waals surface area (Å²) in [6.45, 7) is 2.13. The van der Waals surface area contributed by atoms with E-state index >= 15 is 0 Å². The third-order valence-corrected chi connectivity index (χ3v) is 3.29. The average molecular weight is 264 g/mol. The second-order valence-electron chi connectivity index (χ2n) is 3.93. The molecule has 0 saturated carbocycles. The predicted molar refractivity (Wildman–Crippen MR) is 71.6 cm³/mol. The van der Waals surface area contributed by atoms with E-state index in [1.54, 1.807) is 4.68 Å². The second-order valence-corrected chi connectivity index (χ2v) is 4.88. The van der Waals surface area contributed by atoms with Crippen LogP contribution in [-0.4, -0.2) is 28.8 Å². The monoisotopic (exact) mass is 264 g/mol. The van der Waals surface area contributed by atoms with Crippen LogP contribution in [0.15, 0.2) is 29.9 Å². The zero-order valence-corrected chi connectivity index (χ0v) is 11.0. The van der Waals surface area contributed by atoms with Crippen molar-refractivity contribution in [3.8, 4) is 0 Å². The van der Waals surface area contributed by atoms with Crippen molar-refractivity contribution in [1.29, 1.82) is 0 Å². The van der Waals surface area contributed by atoms with Gasteiger partial charge in [-0.2, -0.15) is 5.10 Å². The molecule has 18 heavy (non-hydrogen) atoms. The Bertz CT molecular complexity index is 492. The van der Waals surface area contributed by atoms with Crippen LogP contribution in [0, 0.1) is 0 Å². The number of hydrogen-bond donors (Lipinski definition) is 2. The molecule has 0 unspecified atom stereocenters. The molecule has 0 aromatic carbocycles. The summed E-state index contributed by atoms with van der Waals surface area (Å²) >= 11 is 1.45. The second kappa shape index (κ2) is 6.32. The molecule has 1 amide bonds. The number of aryl methyl sites for hydroxylation is 1. The summed E-state index contributed by atoms with van der Waals surface area (Å²) in [5.41, 5.74) is 1.14. The number of amides is 1. The van der Waals surface area contributed by atoms with Gasteiger partial charge in [-0.05, 0) is 11.4 Å². The van der Waals surface area contributed by atoms with Gasteiger partial charge in [0.1, 0.15) is 0 Å². The summed E-state index contributed by atoms with van der Waals surface area (Å²) < 4.78 is 1.77. The van der Waals surface area contributed by atoms with Gasteiger partial charge in [0, 0.05) is 38.4 Å². The Hall–Kier alpha value is -1.66. The van der Waals surface area contributed by atoms with Gasteiger partial charge in [0.25, 0.3) is 5.91 Å². The lowest BCUT2D eigenvalue weighted by Crippen LogP contribution is -2.31. The fourth-order valence-electron chi connectivity index (χ4n) is 1.56. The molecule has 6 heteroatoms. The zero-order valence-electron chi connectivity index (χ0n) is 10.2. The van der Waals surface area contributed by atoms with E-state index < -0.39 is 0 Å². The first-order chi connectivity index (χ1) is 8.75. The van der Waals surface area contributed by atoms with Crippen molar-refractivity contribution in [2.24, 2.45) is 7.05 Å². The molecule has 0 saturated heterocycles. The number of nitrogens with zero attached hydrogens (tertiary/aromatic N) is 2. The molecule has 2 aromatic heterocycles. The number of hydrogen-bond acceptors (Lipinski definition) is 4. The highest BCUT2D eigenvalue weighted by atomic mass is 32.1. The van der Waals surface area contributed by atoms with Crippen LogP contribution in [0.4, 0.5) is 0 Å². The molecular formula is C12H16N4OS. The summed E-state index contributed by atoms with van der Waals surface area (Å²) in [7, 11) is 1.89. The van der Waals surface area contributed by atoms with Gasteiger partial charge >= 0.3 is 0 Å². The Balaban J connectivity index is 1.60. The summed E-state index contributed by atoms with van der Waals surface area (Å²) in [5.74, 6) is -0.00632. The van der Waals surface area contributed by atoms with Crippen LogP contribution >= 0.6 is 11.3 Å². The molecule has 0 atom stereocenters. The number of rotatable bonds is 6. The molecule has 0 bridgehead atoms. The Morgan fingerprint density at radius 3 is 3.06 bits per heavy atom. The molecule has 0 aliphatic carbocycles. The minimum atomic E-state index is -0.00632. The Morgan fingerprint density at radius 2 is 2.39 bits per heavy atom. The third kappa shape index (κ3) is 3.68. The molecule has 0 fully saturated rings. The lowest BCUT2D eigenvalue weighted by molar-refractivity contribution is 0.0958. The maximum Gasteiger partial charge on any atom is 0.261 e. The van der Waals surface area contributed by atoms with Gasteiger partial charge in [-0.15, -0.1) is 11.3 Å². The minimum absolute atomic E-state index is 0.00632. The van der Waals surface area contributed by atoms with E-state index in [4.69, 9.17) is 0 Å². The van der Waals surface area contributed by atoms with E-state index in [-0.39, 0.29) is 5.91 Å². The first kappa shape index (κ1) is 12.8. The number of thiophene rings is 1. The maximum atomic E-state index is 11.6. The van der Waals surface area contributed by atoms with Crippen molar-refractivity contribution in [2.45, 2.75) is 6.54 Å². The Labute approximate surface area is 110 Å². The largest absolute Gasteiger partial charge is 0.350 e. The van der Waals surface area contributed by atoms with E-state index in [1.165, 1.54) is 11.3 Å².